The smallest absolute Gasteiger partial charge is 0.229 e. The van der Waals surface area contributed by atoms with Gasteiger partial charge in [0.1, 0.15) is 18.0 Å². The molecule has 0 atom stereocenters. The zero-order valence-electron chi connectivity index (χ0n) is 14.7. The molecule has 140 valence electrons. The molecule has 0 amide bonds. The van der Waals surface area contributed by atoms with Crippen LogP contribution in [0.3, 0.4) is 0 Å². The summed E-state index contributed by atoms with van der Waals surface area (Å²) in [5, 5.41) is 4.69. The highest BCUT2D eigenvalue weighted by molar-refractivity contribution is 9.10. The lowest BCUT2D eigenvalue weighted by molar-refractivity contribution is 0.289. The maximum atomic E-state index is 14.5. The molecule has 0 radical (unpaired) electrons. The van der Waals surface area contributed by atoms with Crippen LogP contribution in [0.5, 0.6) is 0 Å². The van der Waals surface area contributed by atoms with Gasteiger partial charge in [-0.3, -0.25) is 0 Å². The molecule has 1 saturated carbocycles. The van der Waals surface area contributed by atoms with E-state index in [1.54, 1.807) is 6.07 Å². The quantitative estimate of drug-likeness (QED) is 0.604. The third-order valence-electron chi connectivity index (χ3n) is 5.74. The molecule has 1 aliphatic carbocycles. The topological polar surface area (TPSA) is 67.9 Å². The Bertz CT molecular complexity index is 981. The molecular formula is C19H19BrFN5O. The third kappa shape index (κ3) is 2.99. The van der Waals surface area contributed by atoms with Crippen molar-refractivity contribution in [2.45, 2.75) is 43.9 Å². The number of halogens is 2. The summed E-state index contributed by atoms with van der Waals surface area (Å²) in [6, 6.07) is 3.13. The summed E-state index contributed by atoms with van der Waals surface area (Å²) in [5.74, 6) is 2.71. The Hall–Kier alpha value is -2.09. The molecule has 0 spiro atoms. The van der Waals surface area contributed by atoms with E-state index in [0.29, 0.717) is 22.6 Å². The van der Waals surface area contributed by atoms with Crippen molar-refractivity contribution < 1.29 is 8.91 Å². The maximum Gasteiger partial charge on any atom is 0.229 e. The summed E-state index contributed by atoms with van der Waals surface area (Å²) in [5.41, 5.74) is 0.602. The zero-order chi connectivity index (χ0) is 18.4. The van der Waals surface area contributed by atoms with Gasteiger partial charge in [0.05, 0.1) is 10.9 Å². The van der Waals surface area contributed by atoms with E-state index in [1.807, 2.05) is 0 Å². The molecule has 1 aliphatic heterocycles. The largest absolute Gasteiger partial charge is 0.356 e. The molecular weight excluding hydrogens is 413 g/mol. The van der Waals surface area contributed by atoms with Gasteiger partial charge in [0.2, 0.25) is 5.89 Å². The first-order valence-corrected chi connectivity index (χ1v) is 10.2. The van der Waals surface area contributed by atoms with Crippen LogP contribution < -0.4 is 4.90 Å². The summed E-state index contributed by atoms with van der Waals surface area (Å²) in [7, 11) is 0. The highest BCUT2D eigenvalue weighted by atomic mass is 79.9. The van der Waals surface area contributed by atoms with Crippen LogP contribution in [0, 0.1) is 5.82 Å². The monoisotopic (exact) mass is 431 g/mol. The number of rotatable bonds is 3. The van der Waals surface area contributed by atoms with Gasteiger partial charge in [-0.05, 0) is 53.7 Å². The van der Waals surface area contributed by atoms with Crippen molar-refractivity contribution in [3.05, 3.63) is 40.5 Å². The first kappa shape index (κ1) is 17.0. The molecule has 0 bridgehead atoms. The van der Waals surface area contributed by atoms with Crippen molar-refractivity contribution in [2.75, 3.05) is 18.0 Å². The van der Waals surface area contributed by atoms with Gasteiger partial charge in [-0.2, -0.15) is 4.98 Å². The minimum atomic E-state index is -0.297. The van der Waals surface area contributed by atoms with Crippen molar-refractivity contribution in [1.82, 2.24) is 20.1 Å². The second-order valence-electron chi connectivity index (χ2n) is 7.33. The summed E-state index contributed by atoms with van der Waals surface area (Å²) in [6.45, 7) is 1.55. The Morgan fingerprint density at radius 2 is 1.89 bits per heavy atom. The molecule has 1 aromatic carbocycles. The third-order valence-corrected chi connectivity index (χ3v) is 6.38. The van der Waals surface area contributed by atoms with Crippen LogP contribution in [-0.4, -0.2) is 33.2 Å². The Morgan fingerprint density at radius 3 is 2.63 bits per heavy atom. The number of fused-ring (bicyclic) bond motifs is 1. The molecule has 0 N–H and O–H groups in total. The standard InChI is InChI=1S/C19H19BrFN5O/c20-13-4-5-14(21)15-16(13)22-10-23-18(15)26-8-6-11(7-9-26)17-24-19(27-25-17)12-2-1-3-12/h4-5,10-12H,1-3,6-9H2. The van der Waals surface area contributed by atoms with Crippen LogP contribution in [-0.2, 0) is 0 Å². The molecule has 2 aromatic heterocycles. The number of piperidine rings is 1. The highest BCUT2D eigenvalue weighted by Gasteiger charge is 2.30. The predicted molar refractivity (Wildman–Crippen MR) is 102 cm³/mol. The molecule has 0 unspecified atom stereocenters. The van der Waals surface area contributed by atoms with E-state index in [0.717, 1.165) is 55.0 Å². The van der Waals surface area contributed by atoms with Crippen molar-refractivity contribution >= 4 is 32.7 Å². The van der Waals surface area contributed by atoms with Gasteiger partial charge in [-0.1, -0.05) is 11.6 Å². The molecule has 2 aliphatic rings. The van der Waals surface area contributed by atoms with Gasteiger partial charge in [-0.25, -0.2) is 14.4 Å². The molecule has 3 heterocycles. The van der Waals surface area contributed by atoms with Crippen LogP contribution in [0.25, 0.3) is 10.9 Å². The molecule has 6 nitrogen and oxygen atoms in total. The van der Waals surface area contributed by atoms with Crippen LogP contribution in [0.15, 0.2) is 27.5 Å². The molecule has 8 heteroatoms. The minimum absolute atomic E-state index is 0.281. The molecule has 1 saturated heterocycles. The molecule has 5 rings (SSSR count). The number of benzene rings is 1. The lowest BCUT2D eigenvalue weighted by Crippen LogP contribution is -2.34. The summed E-state index contributed by atoms with van der Waals surface area (Å²) in [6.07, 6.45) is 6.85. The fourth-order valence-electron chi connectivity index (χ4n) is 3.91. The fourth-order valence-corrected chi connectivity index (χ4v) is 4.34. The van der Waals surface area contributed by atoms with Gasteiger partial charge >= 0.3 is 0 Å². The van der Waals surface area contributed by atoms with E-state index in [2.05, 4.69) is 40.9 Å². The minimum Gasteiger partial charge on any atom is -0.356 e. The fraction of sp³-hybridized carbons (Fsp3) is 0.474. The second kappa shape index (κ2) is 6.82. The van der Waals surface area contributed by atoms with Gasteiger partial charge in [-0.15, -0.1) is 0 Å². The van der Waals surface area contributed by atoms with Gasteiger partial charge in [0, 0.05) is 29.4 Å². The van der Waals surface area contributed by atoms with Crippen LogP contribution >= 0.6 is 15.9 Å². The van der Waals surface area contributed by atoms with Crippen LogP contribution in [0.1, 0.15) is 55.7 Å². The van der Waals surface area contributed by atoms with E-state index in [4.69, 9.17) is 4.52 Å². The normalized spacial score (nSPS) is 18.8. The Morgan fingerprint density at radius 1 is 1.07 bits per heavy atom. The first-order chi connectivity index (χ1) is 13.2. The second-order valence-corrected chi connectivity index (χ2v) is 8.18. The first-order valence-electron chi connectivity index (χ1n) is 9.38. The van der Waals surface area contributed by atoms with E-state index >= 15 is 0 Å². The van der Waals surface area contributed by atoms with Crippen molar-refractivity contribution in [1.29, 1.82) is 0 Å². The van der Waals surface area contributed by atoms with Gasteiger partial charge < -0.3 is 9.42 Å². The number of hydrogen-bond donors (Lipinski definition) is 0. The molecule has 2 fully saturated rings. The highest BCUT2D eigenvalue weighted by Crippen LogP contribution is 2.37. The lowest BCUT2D eigenvalue weighted by atomic mass is 9.85. The number of aromatic nitrogens is 4. The number of nitrogens with zero attached hydrogens (tertiary/aromatic N) is 5. The van der Waals surface area contributed by atoms with E-state index in [9.17, 15) is 4.39 Å². The average Bonchev–Trinajstić information content (AvgIpc) is 3.12. The zero-order valence-corrected chi connectivity index (χ0v) is 16.3. The van der Waals surface area contributed by atoms with E-state index < -0.39 is 0 Å². The summed E-state index contributed by atoms with van der Waals surface area (Å²) < 4.78 is 20.7. The van der Waals surface area contributed by atoms with Crippen molar-refractivity contribution in [2.24, 2.45) is 0 Å². The van der Waals surface area contributed by atoms with Crippen molar-refractivity contribution in [3.63, 3.8) is 0 Å². The summed E-state index contributed by atoms with van der Waals surface area (Å²) >= 11 is 3.45. The summed E-state index contributed by atoms with van der Waals surface area (Å²) in [4.78, 5) is 15.4. The maximum absolute atomic E-state index is 14.5. The van der Waals surface area contributed by atoms with Gasteiger partial charge in [0.15, 0.2) is 5.82 Å². The van der Waals surface area contributed by atoms with Crippen LogP contribution in [0.2, 0.25) is 0 Å². The van der Waals surface area contributed by atoms with E-state index in [1.165, 1.54) is 18.8 Å². The average molecular weight is 432 g/mol. The number of anilines is 1. The van der Waals surface area contributed by atoms with Crippen molar-refractivity contribution in [3.8, 4) is 0 Å². The Labute approximate surface area is 164 Å². The molecule has 27 heavy (non-hydrogen) atoms. The Balaban J connectivity index is 1.35. The van der Waals surface area contributed by atoms with Gasteiger partial charge in [0.25, 0.3) is 0 Å². The van der Waals surface area contributed by atoms with E-state index in [-0.39, 0.29) is 11.7 Å². The number of hydrogen-bond acceptors (Lipinski definition) is 6. The molecule has 3 aromatic rings. The SMILES string of the molecule is Fc1ccc(Br)c2ncnc(N3CCC(c4noc(C5CCC5)n4)CC3)c12. The van der Waals surface area contributed by atoms with Crippen LogP contribution in [0.4, 0.5) is 10.2 Å². The lowest BCUT2D eigenvalue weighted by Gasteiger charge is -2.32. The Kier molecular flexibility index (Phi) is 4.30. The predicted octanol–water partition coefficient (Wildman–Crippen LogP) is 4.57.